The Bertz CT molecular complexity index is 475. The zero-order valence-electron chi connectivity index (χ0n) is 11.3. The molecule has 0 radical (unpaired) electrons. The molecule has 1 unspecified atom stereocenters. The Morgan fingerprint density at radius 2 is 2.26 bits per heavy atom. The zero-order chi connectivity index (χ0) is 13.5. The highest BCUT2D eigenvalue weighted by atomic mass is 35.5. The molecule has 1 N–H and O–H groups in total. The minimum absolute atomic E-state index is 0.209. The molecule has 0 amide bonds. The van der Waals surface area contributed by atoms with Crippen molar-refractivity contribution in [1.82, 2.24) is 10.2 Å². The Hall–Kier alpha value is -0.640. The molecule has 1 aromatic rings. The van der Waals surface area contributed by atoms with Crippen molar-refractivity contribution in [2.45, 2.75) is 31.8 Å². The van der Waals surface area contributed by atoms with E-state index in [0.717, 1.165) is 37.7 Å². The number of piperazine rings is 1. The smallest absolute Gasteiger partial charge is 0.123 e. The highest BCUT2D eigenvalue weighted by Crippen LogP contribution is 2.41. The number of rotatable bonds is 3. The maximum absolute atomic E-state index is 13.3. The van der Waals surface area contributed by atoms with E-state index in [1.807, 2.05) is 0 Å². The summed E-state index contributed by atoms with van der Waals surface area (Å²) in [5.41, 5.74) is 1.11. The van der Waals surface area contributed by atoms with E-state index in [-0.39, 0.29) is 11.4 Å². The van der Waals surface area contributed by atoms with Gasteiger partial charge >= 0.3 is 0 Å². The average molecular weight is 283 g/mol. The number of nitrogens with zero attached hydrogens (tertiary/aromatic N) is 1. The quantitative estimate of drug-likeness (QED) is 0.917. The van der Waals surface area contributed by atoms with E-state index in [0.29, 0.717) is 5.02 Å². The zero-order valence-corrected chi connectivity index (χ0v) is 12.0. The van der Waals surface area contributed by atoms with Gasteiger partial charge in [0.25, 0.3) is 0 Å². The largest absolute Gasteiger partial charge is 0.309 e. The van der Waals surface area contributed by atoms with E-state index in [9.17, 15) is 4.39 Å². The third-order valence-electron chi connectivity index (χ3n) is 4.39. The first-order valence-corrected chi connectivity index (χ1v) is 7.36. The fraction of sp³-hybridized carbons (Fsp3) is 0.600. The number of nitrogens with one attached hydrogen (secondary N) is 1. The van der Waals surface area contributed by atoms with Gasteiger partial charge in [0.1, 0.15) is 5.82 Å². The standard InChI is InChI=1S/C15H20ClFN2/c1-15(12-2-3-12)10-19(7-6-18-15)9-11-8-13(17)4-5-14(11)16/h4-5,8,12,18H,2-3,6-7,9-10H2,1H3. The molecule has 1 heterocycles. The molecule has 0 aromatic heterocycles. The van der Waals surface area contributed by atoms with Crippen LogP contribution in [0.1, 0.15) is 25.3 Å². The summed E-state index contributed by atoms with van der Waals surface area (Å²) in [6, 6.07) is 4.62. The van der Waals surface area contributed by atoms with E-state index >= 15 is 0 Å². The van der Waals surface area contributed by atoms with Crippen LogP contribution in [0, 0.1) is 11.7 Å². The van der Waals surface area contributed by atoms with Gasteiger partial charge in [-0.25, -0.2) is 4.39 Å². The molecule has 0 bridgehead atoms. The third-order valence-corrected chi connectivity index (χ3v) is 4.76. The molecule has 3 rings (SSSR count). The van der Waals surface area contributed by atoms with Gasteiger partial charge in [-0.15, -0.1) is 0 Å². The summed E-state index contributed by atoms with van der Waals surface area (Å²) in [5.74, 6) is 0.595. The van der Waals surface area contributed by atoms with Crippen LogP contribution in [0.25, 0.3) is 0 Å². The van der Waals surface area contributed by atoms with Gasteiger partial charge in [-0.2, -0.15) is 0 Å². The van der Waals surface area contributed by atoms with Crippen molar-refractivity contribution in [1.29, 1.82) is 0 Å². The first kappa shape index (κ1) is 13.3. The number of halogens is 2. The molecule has 104 valence electrons. The van der Waals surface area contributed by atoms with E-state index < -0.39 is 0 Å². The Balaban J connectivity index is 1.70. The van der Waals surface area contributed by atoms with E-state index in [2.05, 4.69) is 17.1 Å². The second-order valence-electron chi connectivity index (χ2n) is 6.06. The summed E-state index contributed by atoms with van der Waals surface area (Å²) in [6.07, 6.45) is 2.66. The number of benzene rings is 1. The summed E-state index contributed by atoms with van der Waals surface area (Å²) in [4.78, 5) is 2.38. The summed E-state index contributed by atoms with van der Waals surface area (Å²) >= 11 is 6.15. The summed E-state index contributed by atoms with van der Waals surface area (Å²) in [6.45, 7) is 6.06. The van der Waals surface area contributed by atoms with Gasteiger partial charge in [0.05, 0.1) is 0 Å². The van der Waals surface area contributed by atoms with Gasteiger partial charge in [-0.05, 0) is 49.4 Å². The van der Waals surface area contributed by atoms with Crippen molar-refractivity contribution in [2.24, 2.45) is 5.92 Å². The van der Waals surface area contributed by atoms with Crippen molar-refractivity contribution in [3.05, 3.63) is 34.6 Å². The van der Waals surface area contributed by atoms with E-state index in [4.69, 9.17) is 11.6 Å². The average Bonchev–Trinajstić information content (AvgIpc) is 3.18. The van der Waals surface area contributed by atoms with Crippen LogP contribution >= 0.6 is 11.6 Å². The predicted octanol–water partition coefficient (Wildman–Crippen LogP) is 3.05. The Labute approximate surface area is 118 Å². The summed E-state index contributed by atoms with van der Waals surface area (Å²) in [5, 5.41) is 4.31. The monoisotopic (exact) mass is 282 g/mol. The third kappa shape index (κ3) is 2.93. The maximum Gasteiger partial charge on any atom is 0.123 e. The molecule has 0 spiro atoms. The van der Waals surface area contributed by atoms with Crippen molar-refractivity contribution in [2.75, 3.05) is 19.6 Å². The lowest BCUT2D eigenvalue weighted by atomic mass is 9.92. The second kappa shape index (κ2) is 5.04. The molecule has 1 aromatic carbocycles. The van der Waals surface area contributed by atoms with Crippen LogP contribution in [0.4, 0.5) is 4.39 Å². The lowest BCUT2D eigenvalue weighted by Gasteiger charge is -2.42. The summed E-state index contributed by atoms with van der Waals surface area (Å²) in [7, 11) is 0. The molecular weight excluding hydrogens is 263 g/mol. The Kier molecular flexibility index (Phi) is 3.54. The summed E-state index contributed by atoms with van der Waals surface area (Å²) < 4.78 is 13.3. The van der Waals surface area contributed by atoms with Crippen molar-refractivity contribution < 1.29 is 4.39 Å². The van der Waals surface area contributed by atoms with Gasteiger partial charge in [-0.1, -0.05) is 11.6 Å². The molecule has 2 aliphatic rings. The van der Waals surface area contributed by atoms with Crippen LogP contribution in [0.15, 0.2) is 18.2 Å². The maximum atomic E-state index is 13.3. The van der Waals surface area contributed by atoms with Crippen LogP contribution in [-0.4, -0.2) is 30.1 Å². The van der Waals surface area contributed by atoms with E-state index in [1.165, 1.54) is 18.9 Å². The Morgan fingerprint density at radius 1 is 1.47 bits per heavy atom. The van der Waals surface area contributed by atoms with Gasteiger partial charge in [-0.3, -0.25) is 4.90 Å². The SMILES string of the molecule is CC1(C2CC2)CN(Cc2cc(F)ccc2Cl)CCN1. The van der Waals surface area contributed by atoms with Gasteiger partial charge in [0.15, 0.2) is 0 Å². The minimum Gasteiger partial charge on any atom is -0.309 e. The molecule has 1 aliphatic carbocycles. The molecule has 2 fully saturated rings. The highest BCUT2D eigenvalue weighted by molar-refractivity contribution is 6.31. The van der Waals surface area contributed by atoms with Crippen LogP contribution in [0.2, 0.25) is 5.02 Å². The van der Waals surface area contributed by atoms with Gasteiger partial charge in [0.2, 0.25) is 0 Å². The number of hydrogen-bond acceptors (Lipinski definition) is 2. The van der Waals surface area contributed by atoms with Crippen molar-refractivity contribution >= 4 is 11.6 Å². The lowest BCUT2D eigenvalue weighted by Crippen LogP contribution is -2.59. The van der Waals surface area contributed by atoms with Crippen LogP contribution < -0.4 is 5.32 Å². The minimum atomic E-state index is -0.209. The Morgan fingerprint density at radius 3 is 3.00 bits per heavy atom. The molecule has 4 heteroatoms. The van der Waals surface area contributed by atoms with Gasteiger partial charge < -0.3 is 5.32 Å². The molecule has 1 saturated heterocycles. The molecule has 1 atom stereocenters. The second-order valence-corrected chi connectivity index (χ2v) is 6.47. The van der Waals surface area contributed by atoms with Crippen LogP contribution in [-0.2, 0) is 6.54 Å². The van der Waals surface area contributed by atoms with Crippen LogP contribution in [0.5, 0.6) is 0 Å². The first-order valence-electron chi connectivity index (χ1n) is 6.98. The molecule has 1 aliphatic heterocycles. The molecule has 19 heavy (non-hydrogen) atoms. The van der Waals surface area contributed by atoms with Crippen molar-refractivity contribution in [3.63, 3.8) is 0 Å². The number of hydrogen-bond donors (Lipinski definition) is 1. The fourth-order valence-electron chi connectivity index (χ4n) is 3.13. The predicted molar refractivity (Wildman–Crippen MR) is 75.8 cm³/mol. The normalized spacial score (nSPS) is 28.6. The highest BCUT2D eigenvalue weighted by Gasteiger charge is 2.43. The molecule has 1 saturated carbocycles. The fourth-order valence-corrected chi connectivity index (χ4v) is 3.31. The molecule has 2 nitrogen and oxygen atoms in total. The van der Waals surface area contributed by atoms with Crippen molar-refractivity contribution in [3.8, 4) is 0 Å². The van der Waals surface area contributed by atoms with Gasteiger partial charge in [0, 0.05) is 36.7 Å². The van der Waals surface area contributed by atoms with E-state index in [1.54, 1.807) is 12.1 Å². The topological polar surface area (TPSA) is 15.3 Å². The first-order chi connectivity index (χ1) is 9.07. The molecular formula is C15H20ClFN2. The lowest BCUT2D eigenvalue weighted by molar-refractivity contribution is 0.121. The van der Waals surface area contributed by atoms with Crippen LogP contribution in [0.3, 0.4) is 0 Å².